The predicted octanol–water partition coefficient (Wildman–Crippen LogP) is 3.37. The van der Waals surface area contributed by atoms with Crippen LogP contribution in [0.15, 0.2) is 29.3 Å². The molecule has 7 nitrogen and oxygen atoms in total. The molecule has 166 valence electrons. The summed E-state index contributed by atoms with van der Waals surface area (Å²) in [4.78, 5) is 9.40. The highest BCUT2D eigenvalue weighted by atomic mass is 35.5. The lowest BCUT2D eigenvalue weighted by Crippen LogP contribution is -2.37. The van der Waals surface area contributed by atoms with E-state index in [1.807, 2.05) is 0 Å². The Morgan fingerprint density at radius 1 is 1.42 bits per heavy atom. The molecular weight excluding hydrogens is 434 g/mol. The van der Waals surface area contributed by atoms with Crippen LogP contribution in [0.5, 0.6) is 0 Å². The van der Waals surface area contributed by atoms with Crippen molar-refractivity contribution in [3.8, 4) is 6.07 Å². The van der Waals surface area contributed by atoms with E-state index in [-0.39, 0.29) is 11.5 Å². The van der Waals surface area contributed by atoms with Crippen LogP contribution in [-0.2, 0) is 23.8 Å². The van der Waals surface area contributed by atoms with Gasteiger partial charge in [-0.15, -0.1) is 0 Å². The maximum absolute atomic E-state index is 11.7. The second-order valence-electron chi connectivity index (χ2n) is 8.75. The minimum Gasteiger partial charge on any atom is -0.393 e. The van der Waals surface area contributed by atoms with Crippen LogP contribution < -0.4 is 10.5 Å². The van der Waals surface area contributed by atoms with Crippen molar-refractivity contribution in [3.63, 3.8) is 0 Å². The molecule has 3 rings (SSSR count). The van der Waals surface area contributed by atoms with Crippen molar-refractivity contribution in [1.29, 1.82) is 5.26 Å². The number of benzene rings is 1. The van der Waals surface area contributed by atoms with Gasteiger partial charge in [0, 0.05) is 11.6 Å². The largest absolute Gasteiger partial charge is 0.393 e. The maximum atomic E-state index is 11.7. The minimum absolute atomic E-state index is 0.137. The minimum atomic E-state index is -1.59. The molecule has 0 saturated heterocycles. The summed E-state index contributed by atoms with van der Waals surface area (Å²) in [5.74, 6) is 0.809. The number of nitrogens with zero attached hydrogens (tertiary/aromatic N) is 3. The van der Waals surface area contributed by atoms with E-state index in [0.29, 0.717) is 46.7 Å². The third-order valence-corrected chi connectivity index (χ3v) is 7.02. The van der Waals surface area contributed by atoms with Gasteiger partial charge >= 0.3 is 0 Å². The highest BCUT2D eigenvalue weighted by Crippen LogP contribution is 2.40. The molecule has 2 aromatic rings. The van der Waals surface area contributed by atoms with E-state index in [1.165, 1.54) is 0 Å². The van der Waals surface area contributed by atoms with Gasteiger partial charge in [-0.25, -0.2) is 19.3 Å². The summed E-state index contributed by atoms with van der Waals surface area (Å²) in [7, 11) is -1.59. The Bertz CT molecular complexity index is 1010. The molecule has 1 saturated carbocycles. The van der Waals surface area contributed by atoms with Crippen molar-refractivity contribution in [2.75, 3.05) is 11.9 Å². The number of nitrogens with one attached hydrogen (secondary N) is 1. The Labute approximate surface area is 190 Å². The lowest BCUT2D eigenvalue weighted by molar-refractivity contribution is -0.00748. The molecule has 0 spiro atoms. The van der Waals surface area contributed by atoms with Crippen LogP contribution in [0, 0.1) is 22.7 Å². The van der Waals surface area contributed by atoms with Crippen molar-refractivity contribution < 1.29 is 9.32 Å². The van der Waals surface area contributed by atoms with Gasteiger partial charge in [-0.1, -0.05) is 25.4 Å². The molecule has 4 N–H and O–H groups in total. The fraction of sp³-hybridized carbons (Fsp3) is 0.500. The van der Waals surface area contributed by atoms with Gasteiger partial charge in [0.05, 0.1) is 28.5 Å². The number of rotatable bonds is 7. The number of halogens is 1. The third kappa shape index (κ3) is 6.01. The number of anilines is 1. The average molecular weight is 462 g/mol. The molecule has 0 radical (unpaired) electrons. The molecule has 1 aromatic carbocycles. The van der Waals surface area contributed by atoms with E-state index in [0.717, 1.165) is 30.5 Å². The molecule has 1 aliphatic rings. The topological polar surface area (TPSA) is 125 Å². The molecular formula is C22H28ClN5O2S. The van der Waals surface area contributed by atoms with Crippen LogP contribution in [0.2, 0.25) is 5.02 Å². The molecule has 1 fully saturated rings. The van der Waals surface area contributed by atoms with Gasteiger partial charge in [-0.05, 0) is 67.2 Å². The van der Waals surface area contributed by atoms with Crippen LogP contribution in [0.1, 0.15) is 49.9 Å². The van der Waals surface area contributed by atoms with E-state index < -0.39 is 11.0 Å². The fourth-order valence-corrected chi connectivity index (χ4v) is 5.03. The summed E-state index contributed by atoms with van der Waals surface area (Å²) in [6.45, 7) is 4.67. The number of nitriles is 1. The van der Waals surface area contributed by atoms with Crippen molar-refractivity contribution >= 4 is 28.5 Å². The van der Waals surface area contributed by atoms with Crippen LogP contribution in [0.3, 0.4) is 0 Å². The molecule has 3 atom stereocenters. The second kappa shape index (κ2) is 10.0. The maximum Gasteiger partial charge on any atom is 0.222 e. The second-order valence-corrected chi connectivity index (χ2v) is 10.2. The molecule has 1 aliphatic carbocycles. The SMILES string of the molecule is CC1(C)C[C@H](Cc2nc(NCCc3cc(Cl)ccc3S(N)=O)ncc2C#N)CC[C@@H]1O. The normalized spacial score (nSPS) is 21.3. The van der Waals surface area contributed by atoms with Crippen molar-refractivity contribution in [2.45, 2.75) is 57.0 Å². The molecule has 0 bridgehead atoms. The Balaban J connectivity index is 1.68. The van der Waals surface area contributed by atoms with E-state index >= 15 is 0 Å². The molecule has 0 aliphatic heterocycles. The van der Waals surface area contributed by atoms with E-state index in [4.69, 9.17) is 16.7 Å². The summed E-state index contributed by atoms with van der Waals surface area (Å²) in [6.07, 6.45) is 5.05. The van der Waals surface area contributed by atoms with Gasteiger partial charge in [0.15, 0.2) is 0 Å². The first-order valence-electron chi connectivity index (χ1n) is 10.3. The van der Waals surface area contributed by atoms with Crippen LogP contribution in [0.25, 0.3) is 0 Å². The monoisotopic (exact) mass is 461 g/mol. The van der Waals surface area contributed by atoms with Gasteiger partial charge in [0.1, 0.15) is 17.1 Å². The van der Waals surface area contributed by atoms with Crippen LogP contribution in [-0.4, -0.2) is 31.9 Å². The quantitative estimate of drug-likeness (QED) is 0.580. The summed E-state index contributed by atoms with van der Waals surface area (Å²) < 4.78 is 11.7. The van der Waals surface area contributed by atoms with Crippen LogP contribution in [0.4, 0.5) is 5.95 Å². The summed E-state index contributed by atoms with van der Waals surface area (Å²) in [5.41, 5.74) is 1.87. The predicted molar refractivity (Wildman–Crippen MR) is 122 cm³/mol. The fourth-order valence-electron chi connectivity index (χ4n) is 4.21. The Morgan fingerprint density at radius 2 is 2.19 bits per heavy atom. The molecule has 1 aromatic heterocycles. The zero-order valence-electron chi connectivity index (χ0n) is 17.8. The summed E-state index contributed by atoms with van der Waals surface area (Å²) in [5, 5.41) is 29.0. The zero-order valence-corrected chi connectivity index (χ0v) is 19.3. The lowest BCUT2D eigenvalue weighted by Gasteiger charge is -2.39. The number of hydrogen-bond donors (Lipinski definition) is 3. The number of aliphatic hydroxyl groups excluding tert-OH is 1. The van der Waals surface area contributed by atoms with Gasteiger partial charge in [0.2, 0.25) is 5.95 Å². The standard InChI is InChI=1S/C22H28ClN5O2S/c1-22(2)11-14(3-6-20(22)29)9-18-16(12-24)13-27-21(28-18)26-8-7-15-10-17(23)4-5-19(15)31(25)30/h4-5,10,13-14,20,29H,3,6-9,11,25H2,1-2H3,(H,26,27,28)/t14-,20-,31?/m0/s1. The first kappa shape index (κ1) is 23.6. The molecule has 1 unspecified atom stereocenters. The van der Waals surface area contributed by atoms with Crippen molar-refractivity contribution in [2.24, 2.45) is 16.5 Å². The highest BCUT2D eigenvalue weighted by Gasteiger charge is 2.35. The van der Waals surface area contributed by atoms with Gasteiger partial charge < -0.3 is 10.4 Å². The Morgan fingerprint density at radius 3 is 2.87 bits per heavy atom. The van der Waals surface area contributed by atoms with E-state index in [2.05, 4.69) is 35.2 Å². The average Bonchev–Trinajstić information content (AvgIpc) is 2.70. The lowest BCUT2D eigenvalue weighted by atomic mass is 9.69. The Hall–Kier alpha value is -2.05. The summed E-state index contributed by atoms with van der Waals surface area (Å²) in [6, 6.07) is 7.28. The molecule has 0 amide bonds. The first-order chi connectivity index (χ1) is 14.7. The van der Waals surface area contributed by atoms with E-state index in [9.17, 15) is 14.6 Å². The highest BCUT2D eigenvalue weighted by molar-refractivity contribution is 7.82. The molecule has 9 heteroatoms. The Kier molecular flexibility index (Phi) is 7.65. The number of hydrogen-bond acceptors (Lipinski definition) is 6. The summed E-state index contributed by atoms with van der Waals surface area (Å²) >= 11 is 6.06. The van der Waals surface area contributed by atoms with Crippen molar-refractivity contribution in [3.05, 3.63) is 46.2 Å². The zero-order chi connectivity index (χ0) is 22.6. The van der Waals surface area contributed by atoms with Gasteiger partial charge in [-0.3, -0.25) is 0 Å². The third-order valence-electron chi connectivity index (χ3n) is 5.95. The molecule has 31 heavy (non-hydrogen) atoms. The smallest absolute Gasteiger partial charge is 0.222 e. The number of aliphatic hydroxyl groups is 1. The first-order valence-corrected chi connectivity index (χ1v) is 11.9. The van der Waals surface area contributed by atoms with E-state index in [1.54, 1.807) is 24.4 Å². The van der Waals surface area contributed by atoms with Crippen LogP contribution >= 0.6 is 11.6 Å². The molecule has 1 heterocycles. The number of nitrogens with two attached hydrogens (primary N) is 1. The number of aromatic nitrogens is 2. The van der Waals surface area contributed by atoms with Gasteiger partial charge in [0.25, 0.3) is 0 Å². The van der Waals surface area contributed by atoms with Crippen molar-refractivity contribution in [1.82, 2.24) is 9.97 Å². The van der Waals surface area contributed by atoms with Gasteiger partial charge in [-0.2, -0.15) is 5.26 Å².